The zero-order valence-electron chi connectivity index (χ0n) is 10.5. The Morgan fingerprint density at radius 1 is 1.50 bits per heavy atom. The number of rotatable bonds is 3. The smallest absolute Gasteiger partial charge is 0.201 e. The highest BCUT2D eigenvalue weighted by Crippen LogP contribution is 2.29. The van der Waals surface area contributed by atoms with E-state index in [9.17, 15) is 4.39 Å². The first-order valence-corrected chi connectivity index (χ1v) is 7.10. The summed E-state index contributed by atoms with van der Waals surface area (Å²) in [5, 5.41) is 0.0885. The number of fused-ring (bicyclic) bond motifs is 1. The number of nitrogen functional groups attached to an aromatic ring is 1. The summed E-state index contributed by atoms with van der Waals surface area (Å²) in [6.07, 6.45) is 2.04. The Balaban J connectivity index is 2.57. The van der Waals surface area contributed by atoms with Gasteiger partial charge < -0.3 is 10.3 Å². The summed E-state index contributed by atoms with van der Waals surface area (Å²) < 4.78 is 15.3. The molecular formula is C12H15ClFN3S. The van der Waals surface area contributed by atoms with Crippen LogP contribution in [0.5, 0.6) is 0 Å². The molecule has 0 fully saturated rings. The largest absolute Gasteiger partial charge is 0.369 e. The van der Waals surface area contributed by atoms with Crippen molar-refractivity contribution < 1.29 is 4.39 Å². The minimum absolute atomic E-state index is 0.0165. The molecule has 3 nitrogen and oxygen atoms in total. The lowest BCUT2D eigenvalue weighted by Gasteiger charge is -2.23. The monoisotopic (exact) mass is 287 g/mol. The molecule has 1 aromatic heterocycles. The third-order valence-electron chi connectivity index (χ3n) is 2.91. The maximum atomic E-state index is 13.4. The predicted molar refractivity (Wildman–Crippen MR) is 76.7 cm³/mol. The number of hydrogen-bond donors (Lipinski definition) is 1. The topological polar surface area (TPSA) is 43.8 Å². The molecule has 0 aliphatic rings. The van der Waals surface area contributed by atoms with Gasteiger partial charge in [0.1, 0.15) is 5.82 Å². The van der Waals surface area contributed by atoms with Crippen LogP contribution >= 0.6 is 23.4 Å². The normalized spacial score (nSPS) is 12.3. The molecule has 98 valence electrons. The van der Waals surface area contributed by atoms with Gasteiger partial charge in [0.15, 0.2) is 0 Å². The second kappa shape index (κ2) is 4.63. The molecule has 1 heterocycles. The fourth-order valence-electron chi connectivity index (χ4n) is 1.75. The number of benzene rings is 1. The van der Waals surface area contributed by atoms with Crippen LogP contribution in [0.25, 0.3) is 11.0 Å². The van der Waals surface area contributed by atoms with E-state index in [2.05, 4.69) is 18.8 Å². The van der Waals surface area contributed by atoms with Gasteiger partial charge in [-0.05, 0) is 26.2 Å². The van der Waals surface area contributed by atoms with Crippen molar-refractivity contribution in [2.45, 2.75) is 25.1 Å². The standard InChI is InChI=1S/C12H15ClFN3S/c1-12(2,18-3)6-17-10-4-7(13)8(14)5-9(10)16-11(17)15/h4-5H,6H2,1-3H3,(H2,15,16). The van der Waals surface area contributed by atoms with E-state index >= 15 is 0 Å². The summed E-state index contributed by atoms with van der Waals surface area (Å²) in [6, 6.07) is 2.89. The van der Waals surface area contributed by atoms with E-state index in [0.29, 0.717) is 18.0 Å². The van der Waals surface area contributed by atoms with Crippen molar-refractivity contribution in [2.75, 3.05) is 12.0 Å². The first kappa shape index (κ1) is 13.5. The van der Waals surface area contributed by atoms with Crippen LogP contribution in [-0.4, -0.2) is 20.6 Å². The van der Waals surface area contributed by atoms with Gasteiger partial charge in [-0.1, -0.05) is 11.6 Å². The van der Waals surface area contributed by atoms with E-state index in [1.807, 2.05) is 10.8 Å². The van der Waals surface area contributed by atoms with Gasteiger partial charge in [-0.25, -0.2) is 9.37 Å². The highest BCUT2D eigenvalue weighted by molar-refractivity contribution is 7.99. The van der Waals surface area contributed by atoms with Crippen LogP contribution < -0.4 is 5.73 Å². The van der Waals surface area contributed by atoms with Crippen LogP contribution in [0.4, 0.5) is 10.3 Å². The van der Waals surface area contributed by atoms with Crippen LogP contribution in [-0.2, 0) is 6.54 Å². The summed E-state index contributed by atoms with van der Waals surface area (Å²) in [5.41, 5.74) is 7.19. The van der Waals surface area contributed by atoms with Gasteiger partial charge in [-0.3, -0.25) is 0 Å². The number of nitrogens with two attached hydrogens (primary N) is 1. The summed E-state index contributed by atoms with van der Waals surface area (Å²) in [7, 11) is 0. The molecule has 2 rings (SSSR count). The number of anilines is 1. The molecule has 0 spiro atoms. The molecule has 2 N–H and O–H groups in total. The zero-order valence-corrected chi connectivity index (χ0v) is 12.1. The molecule has 18 heavy (non-hydrogen) atoms. The molecule has 0 saturated heterocycles. The molecule has 6 heteroatoms. The Labute approximate surface area is 115 Å². The van der Waals surface area contributed by atoms with E-state index in [0.717, 1.165) is 5.52 Å². The van der Waals surface area contributed by atoms with Crippen LogP contribution in [0.3, 0.4) is 0 Å². The second-order valence-electron chi connectivity index (χ2n) is 4.77. The van der Waals surface area contributed by atoms with Gasteiger partial charge in [0.05, 0.1) is 16.1 Å². The number of aromatic nitrogens is 2. The van der Waals surface area contributed by atoms with Gasteiger partial charge in [0, 0.05) is 17.4 Å². The molecule has 2 aromatic rings. The number of imidazole rings is 1. The quantitative estimate of drug-likeness (QED) is 0.939. The summed E-state index contributed by atoms with van der Waals surface area (Å²) in [6.45, 7) is 4.93. The predicted octanol–water partition coefficient (Wildman–Crippen LogP) is 3.55. The first-order chi connectivity index (χ1) is 8.34. The van der Waals surface area contributed by atoms with Gasteiger partial charge in [0.25, 0.3) is 0 Å². The van der Waals surface area contributed by atoms with Crippen LogP contribution in [0.1, 0.15) is 13.8 Å². The summed E-state index contributed by atoms with van der Waals surface area (Å²) in [5.74, 6) is -0.0910. The molecule has 0 aliphatic carbocycles. The van der Waals surface area contributed by atoms with Gasteiger partial charge in [0.2, 0.25) is 5.95 Å². The minimum Gasteiger partial charge on any atom is -0.369 e. The van der Waals surface area contributed by atoms with Crippen molar-refractivity contribution in [2.24, 2.45) is 0 Å². The fourth-order valence-corrected chi connectivity index (χ4v) is 2.17. The lowest BCUT2D eigenvalue weighted by Crippen LogP contribution is -2.23. The first-order valence-electron chi connectivity index (χ1n) is 5.50. The lowest BCUT2D eigenvalue weighted by molar-refractivity contribution is 0.585. The van der Waals surface area contributed by atoms with E-state index < -0.39 is 5.82 Å². The van der Waals surface area contributed by atoms with Gasteiger partial charge >= 0.3 is 0 Å². The SMILES string of the molecule is CSC(C)(C)Cn1c(N)nc2cc(F)c(Cl)cc21. The molecule has 0 amide bonds. The van der Waals surface area contributed by atoms with E-state index in [-0.39, 0.29) is 9.77 Å². The summed E-state index contributed by atoms with van der Waals surface area (Å²) in [4.78, 5) is 4.17. The number of thioether (sulfide) groups is 1. The van der Waals surface area contributed by atoms with Crippen molar-refractivity contribution in [3.8, 4) is 0 Å². The molecule has 0 bridgehead atoms. The van der Waals surface area contributed by atoms with E-state index in [4.69, 9.17) is 17.3 Å². The van der Waals surface area contributed by atoms with Crippen molar-refractivity contribution in [1.82, 2.24) is 9.55 Å². The van der Waals surface area contributed by atoms with Gasteiger partial charge in [-0.15, -0.1) is 0 Å². The maximum absolute atomic E-state index is 13.4. The average Bonchev–Trinajstić information content (AvgIpc) is 2.57. The third kappa shape index (κ3) is 2.42. The van der Waals surface area contributed by atoms with Crippen molar-refractivity contribution >= 4 is 40.3 Å². The highest BCUT2D eigenvalue weighted by atomic mass is 35.5. The molecule has 0 atom stereocenters. The Morgan fingerprint density at radius 2 is 2.17 bits per heavy atom. The molecular weight excluding hydrogens is 273 g/mol. The Bertz CT molecular complexity index is 595. The Hall–Kier alpha value is -0.940. The Kier molecular flexibility index (Phi) is 3.47. The van der Waals surface area contributed by atoms with Crippen molar-refractivity contribution in [1.29, 1.82) is 0 Å². The average molecular weight is 288 g/mol. The maximum Gasteiger partial charge on any atom is 0.201 e. The van der Waals surface area contributed by atoms with Crippen molar-refractivity contribution in [3.63, 3.8) is 0 Å². The Morgan fingerprint density at radius 3 is 2.78 bits per heavy atom. The van der Waals surface area contributed by atoms with Gasteiger partial charge in [-0.2, -0.15) is 11.8 Å². The zero-order chi connectivity index (χ0) is 13.5. The second-order valence-corrected chi connectivity index (χ2v) is 6.70. The van der Waals surface area contributed by atoms with Crippen LogP contribution in [0.2, 0.25) is 5.02 Å². The van der Waals surface area contributed by atoms with Crippen molar-refractivity contribution in [3.05, 3.63) is 23.0 Å². The minimum atomic E-state index is -0.474. The highest BCUT2D eigenvalue weighted by Gasteiger charge is 2.20. The molecule has 0 unspecified atom stereocenters. The summed E-state index contributed by atoms with van der Waals surface area (Å²) >= 11 is 7.55. The third-order valence-corrected chi connectivity index (χ3v) is 4.44. The van der Waals surface area contributed by atoms with E-state index in [1.165, 1.54) is 6.07 Å². The molecule has 0 aliphatic heterocycles. The number of nitrogens with zero attached hydrogens (tertiary/aromatic N) is 2. The molecule has 0 saturated carbocycles. The lowest BCUT2D eigenvalue weighted by atomic mass is 10.2. The fraction of sp³-hybridized carbons (Fsp3) is 0.417. The van der Waals surface area contributed by atoms with Crippen LogP contribution in [0, 0.1) is 5.82 Å². The molecule has 1 aromatic carbocycles. The van der Waals surface area contributed by atoms with Crippen LogP contribution in [0.15, 0.2) is 12.1 Å². The number of hydrogen-bond acceptors (Lipinski definition) is 3. The van der Waals surface area contributed by atoms with E-state index in [1.54, 1.807) is 17.8 Å². The molecule has 0 radical (unpaired) electrons. The number of halogens is 2.